The second-order valence-electron chi connectivity index (χ2n) is 5.69. The quantitative estimate of drug-likeness (QED) is 0.566. The Hall–Kier alpha value is -2.67. The monoisotopic (exact) mass is 375 g/mol. The number of benzene rings is 2. The van der Waals surface area contributed by atoms with Crippen LogP contribution >= 0.6 is 0 Å². The van der Waals surface area contributed by atoms with Crippen LogP contribution in [0.3, 0.4) is 0 Å². The maximum atomic E-state index is 12.2. The molecule has 0 unspecified atom stereocenters. The molecule has 0 aromatic heterocycles. The van der Waals surface area contributed by atoms with Gasteiger partial charge in [-0.25, -0.2) is 13.2 Å². The van der Waals surface area contributed by atoms with E-state index in [1.807, 2.05) is 6.92 Å². The third-order valence-electron chi connectivity index (χ3n) is 3.56. The highest BCUT2D eigenvalue weighted by atomic mass is 32.2. The summed E-state index contributed by atoms with van der Waals surface area (Å²) in [7, 11) is -3.70. The van der Waals surface area contributed by atoms with Gasteiger partial charge in [0.2, 0.25) is 5.91 Å². The largest absolute Gasteiger partial charge is 0.462 e. The SMILES string of the molecule is CCCCOC(=O)c1ccc(NC(=O)CS(=O)(=O)c2ccccc2)cc1. The van der Waals surface area contributed by atoms with Gasteiger partial charge in [0.05, 0.1) is 17.1 Å². The summed E-state index contributed by atoms with van der Waals surface area (Å²) < 4.78 is 29.5. The number of carbonyl (C=O) groups is 2. The van der Waals surface area contributed by atoms with E-state index in [4.69, 9.17) is 4.74 Å². The maximum Gasteiger partial charge on any atom is 0.338 e. The Bertz CT molecular complexity index is 845. The number of hydrogen-bond donors (Lipinski definition) is 1. The molecule has 2 aromatic rings. The molecule has 0 radical (unpaired) electrons. The van der Waals surface area contributed by atoms with Crippen LogP contribution in [0.2, 0.25) is 0 Å². The van der Waals surface area contributed by atoms with Crippen LogP contribution in [0.15, 0.2) is 59.5 Å². The second kappa shape index (κ2) is 9.15. The first kappa shape index (κ1) is 19.7. The summed E-state index contributed by atoms with van der Waals surface area (Å²) >= 11 is 0. The van der Waals surface area contributed by atoms with Crippen LogP contribution < -0.4 is 5.32 Å². The summed E-state index contributed by atoms with van der Waals surface area (Å²) in [4.78, 5) is 23.9. The van der Waals surface area contributed by atoms with Crippen LogP contribution in [0.4, 0.5) is 5.69 Å². The number of unbranched alkanes of at least 4 members (excludes halogenated alkanes) is 1. The highest BCUT2D eigenvalue weighted by Gasteiger charge is 2.19. The van der Waals surface area contributed by atoms with E-state index in [-0.39, 0.29) is 4.90 Å². The summed E-state index contributed by atoms with van der Waals surface area (Å²) in [6.07, 6.45) is 1.74. The lowest BCUT2D eigenvalue weighted by molar-refractivity contribution is -0.113. The van der Waals surface area contributed by atoms with Crippen LogP contribution in [-0.2, 0) is 19.4 Å². The van der Waals surface area contributed by atoms with Crippen molar-refractivity contribution in [2.24, 2.45) is 0 Å². The lowest BCUT2D eigenvalue weighted by atomic mass is 10.2. The van der Waals surface area contributed by atoms with Crippen molar-refractivity contribution in [3.05, 3.63) is 60.2 Å². The molecule has 0 saturated heterocycles. The molecule has 0 spiro atoms. The molecule has 0 aliphatic carbocycles. The normalized spacial score (nSPS) is 11.0. The molecule has 0 fully saturated rings. The van der Waals surface area contributed by atoms with Crippen LogP contribution in [-0.4, -0.2) is 32.7 Å². The smallest absolute Gasteiger partial charge is 0.338 e. The molecule has 0 bridgehead atoms. The number of rotatable bonds is 8. The third kappa shape index (κ3) is 5.70. The Balaban J connectivity index is 1.94. The van der Waals surface area contributed by atoms with E-state index in [1.165, 1.54) is 36.4 Å². The van der Waals surface area contributed by atoms with Gasteiger partial charge >= 0.3 is 5.97 Å². The van der Waals surface area contributed by atoms with Crippen molar-refractivity contribution in [3.8, 4) is 0 Å². The van der Waals surface area contributed by atoms with Gasteiger partial charge in [0.1, 0.15) is 5.75 Å². The predicted molar refractivity (Wildman–Crippen MR) is 98.8 cm³/mol. The first-order chi connectivity index (χ1) is 12.4. The molecule has 138 valence electrons. The highest BCUT2D eigenvalue weighted by Crippen LogP contribution is 2.13. The Morgan fingerprint density at radius 3 is 2.27 bits per heavy atom. The van der Waals surface area contributed by atoms with Gasteiger partial charge in [0, 0.05) is 5.69 Å². The number of sulfone groups is 1. The standard InChI is InChI=1S/C19H21NO5S/c1-2-3-13-25-19(22)15-9-11-16(12-10-15)20-18(21)14-26(23,24)17-7-5-4-6-8-17/h4-12H,2-3,13-14H2,1H3,(H,20,21). The molecular formula is C19H21NO5S. The number of carbonyl (C=O) groups excluding carboxylic acids is 2. The van der Waals surface area contributed by atoms with E-state index >= 15 is 0 Å². The van der Waals surface area contributed by atoms with Crippen molar-refractivity contribution >= 4 is 27.4 Å². The molecule has 6 nitrogen and oxygen atoms in total. The number of anilines is 1. The molecule has 7 heteroatoms. The van der Waals surface area contributed by atoms with Gasteiger partial charge in [0.15, 0.2) is 9.84 Å². The minimum Gasteiger partial charge on any atom is -0.462 e. The molecule has 0 atom stereocenters. The van der Waals surface area contributed by atoms with Crippen molar-refractivity contribution < 1.29 is 22.7 Å². The van der Waals surface area contributed by atoms with Crippen molar-refractivity contribution in [3.63, 3.8) is 0 Å². The Morgan fingerprint density at radius 1 is 1.00 bits per heavy atom. The molecule has 0 saturated carbocycles. The number of ether oxygens (including phenoxy) is 1. The Labute approximate surface area is 153 Å². The average Bonchev–Trinajstić information content (AvgIpc) is 2.62. The summed E-state index contributed by atoms with van der Waals surface area (Å²) in [6, 6.07) is 13.9. The molecule has 2 rings (SSSR count). The fourth-order valence-corrected chi connectivity index (χ4v) is 3.32. The van der Waals surface area contributed by atoms with Crippen LogP contribution in [0.5, 0.6) is 0 Å². The second-order valence-corrected chi connectivity index (χ2v) is 7.68. The van der Waals surface area contributed by atoms with Gasteiger partial charge in [-0.1, -0.05) is 31.5 Å². The molecular weight excluding hydrogens is 354 g/mol. The van der Waals surface area contributed by atoms with E-state index in [2.05, 4.69) is 5.32 Å². The van der Waals surface area contributed by atoms with Crippen molar-refractivity contribution in [1.29, 1.82) is 0 Å². The lowest BCUT2D eigenvalue weighted by Gasteiger charge is -2.08. The molecule has 26 heavy (non-hydrogen) atoms. The fourth-order valence-electron chi connectivity index (χ4n) is 2.16. The van der Waals surface area contributed by atoms with Gasteiger partial charge in [-0.3, -0.25) is 4.79 Å². The Kier molecular flexibility index (Phi) is 6.91. The maximum absolute atomic E-state index is 12.2. The van der Waals surface area contributed by atoms with Crippen molar-refractivity contribution in [1.82, 2.24) is 0 Å². The summed E-state index contributed by atoms with van der Waals surface area (Å²) in [5.74, 6) is -1.73. The fraction of sp³-hybridized carbons (Fsp3) is 0.263. The summed E-state index contributed by atoms with van der Waals surface area (Å²) in [5, 5.41) is 2.52. The van der Waals surface area contributed by atoms with Gasteiger partial charge < -0.3 is 10.1 Å². The number of esters is 1. The van der Waals surface area contributed by atoms with E-state index in [0.29, 0.717) is 17.9 Å². The zero-order valence-electron chi connectivity index (χ0n) is 14.5. The molecule has 0 aliphatic heterocycles. The summed E-state index contributed by atoms with van der Waals surface area (Å²) in [5.41, 5.74) is 0.777. The molecule has 0 heterocycles. The van der Waals surface area contributed by atoms with Gasteiger partial charge in [-0.15, -0.1) is 0 Å². The van der Waals surface area contributed by atoms with Crippen molar-refractivity contribution in [2.45, 2.75) is 24.7 Å². The third-order valence-corrected chi connectivity index (χ3v) is 5.19. The van der Waals surface area contributed by atoms with Crippen molar-refractivity contribution in [2.75, 3.05) is 17.7 Å². The first-order valence-corrected chi connectivity index (χ1v) is 9.92. The van der Waals surface area contributed by atoms with Gasteiger partial charge in [-0.05, 0) is 42.8 Å². The number of nitrogens with one attached hydrogen (secondary N) is 1. The minimum atomic E-state index is -3.70. The number of hydrogen-bond acceptors (Lipinski definition) is 5. The van der Waals surface area contributed by atoms with E-state index < -0.39 is 27.5 Å². The lowest BCUT2D eigenvalue weighted by Crippen LogP contribution is -2.23. The first-order valence-electron chi connectivity index (χ1n) is 8.27. The molecule has 2 aromatic carbocycles. The van der Waals surface area contributed by atoms with E-state index in [9.17, 15) is 18.0 Å². The molecule has 1 amide bonds. The van der Waals surface area contributed by atoms with Crippen LogP contribution in [0, 0.1) is 0 Å². The zero-order chi connectivity index (χ0) is 19.0. The highest BCUT2D eigenvalue weighted by molar-refractivity contribution is 7.92. The predicted octanol–water partition coefficient (Wildman–Crippen LogP) is 3.06. The average molecular weight is 375 g/mol. The van der Waals surface area contributed by atoms with E-state index in [0.717, 1.165) is 12.8 Å². The molecule has 1 N–H and O–H groups in total. The van der Waals surface area contributed by atoms with E-state index in [1.54, 1.807) is 18.2 Å². The van der Waals surface area contributed by atoms with Crippen LogP contribution in [0.1, 0.15) is 30.1 Å². The van der Waals surface area contributed by atoms with Gasteiger partial charge in [0.25, 0.3) is 0 Å². The van der Waals surface area contributed by atoms with Crippen LogP contribution in [0.25, 0.3) is 0 Å². The topological polar surface area (TPSA) is 89.5 Å². The minimum absolute atomic E-state index is 0.0975. The van der Waals surface area contributed by atoms with Gasteiger partial charge in [-0.2, -0.15) is 0 Å². The Morgan fingerprint density at radius 2 is 1.65 bits per heavy atom. The summed E-state index contributed by atoms with van der Waals surface area (Å²) in [6.45, 7) is 2.37. The molecule has 0 aliphatic rings. The zero-order valence-corrected chi connectivity index (χ0v) is 15.3. The number of amides is 1.